The number of rotatable bonds is 14. The van der Waals surface area contributed by atoms with E-state index < -0.39 is 24.0 Å². The summed E-state index contributed by atoms with van der Waals surface area (Å²) in [5.74, 6) is -0.140. The fraction of sp³-hybridized carbons (Fsp3) is 0.667. The molecule has 8 nitrogen and oxygen atoms in total. The molecule has 3 N–H and O–H groups in total. The maximum absolute atomic E-state index is 13.1. The molecule has 0 aliphatic rings. The Kier molecular flexibility index (Phi) is 12.9. The monoisotopic (exact) mass is 451 g/mol. The minimum absolute atomic E-state index is 0.140. The molecule has 1 aromatic carbocycles. The minimum atomic E-state index is -0.635. The van der Waals surface area contributed by atoms with E-state index in [2.05, 4.69) is 5.32 Å². The summed E-state index contributed by atoms with van der Waals surface area (Å²) in [6, 6.07) is 9.14. The molecule has 2 amide bonds. The lowest BCUT2D eigenvalue weighted by Gasteiger charge is -2.29. The van der Waals surface area contributed by atoms with Crippen molar-refractivity contribution in [2.24, 2.45) is 5.73 Å². The minimum Gasteiger partial charge on any atom is -0.444 e. The average molecular weight is 452 g/mol. The van der Waals surface area contributed by atoms with Crippen LogP contribution in [0.4, 0.5) is 4.79 Å². The van der Waals surface area contributed by atoms with E-state index in [4.69, 9.17) is 19.9 Å². The first-order valence-corrected chi connectivity index (χ1v) is 11.4. The van der Waals surface area contributed by atoms with Gasteiger partial charge in [0.05, 0.1) is 12.6 Å². The van der Waals surface area contributed by atoms with Crippen molar-refractivity contribution in [3.05, 3.63) is 35.9 Å². The van der Waals surface area contributed by atoms with Gasteiger partial charge in [-0.05, 0) is 59.4 Å². The number of alkyl carbamates (subject to hydrolysis) is 1. The van der Waals surface area contributed by atoms with Crippen molar-refractivity contribution in [2.75, 3.05) is 26.3 Å². The number of nitrogens with zero attached hydrogens (tertiary/aromatic N) is 1. The van der Waals surface area contributed by atoms with E-state index in [1.54, 1.807) is 4.90 Å². The number of unbranched alkanes of at least 4 members (excludes halogenated alkanes) is 1. The van der Waals surface area contributed by atoms with Gasteiger partial charge in [-0.1, -0.05) is 30.3 Å². The molecule has 1 atom stereocenters. The van der Waals surface area contributed by atoms with Crippen molar-refractivity contribution in [3.8, 4) is 0 Å². The van der Waals surface area contributed by atoms with Crippen LogP contribution >= 0.6 is 0 Å². The molecule has 0 heterocycles. The van der Waals surface area contributed by atoms with Gasteiger partial charge in [-0.2, -0.15) is 0 Å². The van der Waals surface area contributed by atoms with E-state index >= 15 is 0 Å². The number of amides is 2. The Bertz CT molecular complexity index is 657. The number of benzene rings is 1. The first-order valence-electron chi connectivity index (χ1n) is 11.4. The van der Waals surface area contributed by atoms with Gasteiger partial charge in [0.25, 0.3) is 0 Å². The van der Waals surface area contributed by atoms with Crippen molar-refractivity contribution in [1.29, 1.82) is 0 Å². The molecular weight excluding hydrogens is 410 g/mol. The van der Waals surface area contributed by atoms with Gasteiger partial charge in [0.15, 0.2) is 6.29 Å². The van der Waals surface area contributed by atoms with Crippen LogP contribution in [0.1, 0.15) is 59.4 Å². The van der Waals surface area contributed by atoms with Crippen LogP contribution in [0.3, 0.4) is 0 Å². The number of nitrogens with one attached hydrogen (secondary N) is 1. The van der Waals surface area contributed by atoms with E-state index in [0.29, 0.717) is 52.1 Å². The first-order chi connectivity index (χ1) is 15.2. The molecule has 0 bridgehead atoms. The standard InChI is InChI=1S/C24H41N3O5/c1-6-30-21(31-7-2)18-27(17-19-13-9-8-10-14-19)22(28)20(25)15-11-12-16-26-23(29)32-24(3,4)5/h8-10,13-14,20-21H,6-7,11-12,15-18,25H2,1-5H3,(H,26,29)/t20-/m0/s1. The van der Waals surface area contributed by atoms with Crippen LogP contribution < -0.4 is 11.1 Å². The van der Waals surface area contributed by atoms with Crippen molar-refractivity contribution >= 4 is 12.0 Å². The van der Waals surface area contributed by atoms with Crippen LogP contribution in [-0.4, -0.2) is 61.1 Å². The molecule has 0 aromatic heterocycles. The summed E-state index contributed by atoms with van der Waals surface area (Å²) >= 11 is 0. The van der Waals surface area contributed by atoms with Crippen molar-refractivity contribution in [1.82, 2.24) is 10.2 Å². The maximum atomic E-state index is 13.1. The summed E-state index contributed by atoms with van der Waals surface area (Å²) in [5, 5.41) is 2.72. The zero-order valence-electron chi connectivity index (χ0n) is 20.3. The normalized spacial score (nSPS) is 12.5. The van der Waals surface area contributed by atoms with Crippen molar-refractivity contribution in [3.63, 3.8) is 0 Å². The van der Waals surface area contributed by atoms with Gasteiger partial charge in [-0.15, -0.1) is 0 Å². The number of hydrogen-bond acceptors (Lipinski definition) is 6. The lowest BCUT2D eigenvalue weighted by atomic mass is 10.1. The fourth-order valence-corrected chi connectivity index (χ4v) is 3.09. The Morgan fingerprint density at radius 1 is 1.06 bits per heavy atom. The fourth-order valence-electron chi connectivity index (χ4n) is 3.09. The van der Waals surface area contributed by atoms with E-state index in [1.165, 1.54) is 0 Å². The molecule has 0 spiro atoms. The van der Waals surface area contributed by atoms with E-state index in [1.807, 2.05) is 65.0 Å². The molecule has 1 rings (SSSR count). The summed E-state index contributed by atoms with van der Waals surface area (Å²) in [6.45, 7) is 11.5. The molecule has 0 unspecified atom stereocenters. The van der Waals surface area contributed by atoms with E-state index in [0.717, 1.165) is 5.56 Å². The third-order valence-electron chi connectivity index (χ3n) is 4.53. The summed E-state index contributed by atoms with van der Waals surface area (Å²) in [6.07, 6.45) is 1.00. The number of nitrogens with two attached hydrogens (primary N) is 1. The second-order valence-corrected chi connectivity index (χ2v) is 8.58. The molecule has 0 radical (unpaired) electrons. The van der Waals surface area contributed by atoms with Crippen LogP contribution in [0.2, 0.25) is 0 Å². The van der Waals surface area contributed by atoms with Gasteiger partial charge in [-0.3, -0.25) is 4.79 Å². The van der Waals surface area contributed by atoms with Gasteiger partial charge in [-0.25, -0.2) is 4.79 Å². The van der Waals surface area contributed by atoms with Gasteiger partial charge in [0, 0.05) is 26.3 Å². The predicted molar refractivity (Wildman–Crippen MR) is 125 cm³/mol. The third kappa shape index (κ3) is 12.0. The van der Waals surface area contributed by atoms with E-state index in [9.17, 15) is 9.59 Å². The molecular formula is C24H41N3O5. The van der Waals surface area contributed by atoms with Crippen molar-refractivity contribution < 1.29 is 23.8 Å². The molecule has 0 aliphatic heterocycles. The highest BCUT2D eigenvalue weighted by molar-refractivity contribution is 5.81. The summed E-state index contributed by atoms with van der Waals surface area (Å²) in [7, 11) is 0. The molecule has 0 saturated heterocycles. The summed E-state index contributed by atoms with van der Waals surface area (Å²) < 4.78 is 16.5. The third-order valence-corrected chi connectivity index (χ3v) is 4.53. The van der Waals surface area contributed by atoms with Gasteiger partial charge >= 0.3 is 6.09 Å². The van der Waals surface area contributed by atoms with Crippen LogP contribution in [-0.2, 0) is 25.5 Å². The van der Waals surface area contributed by atoms with Crippen LogP contribution in [0.5, 0.6) is 0 Å². The first kappa shape index (κ1) is 27.9. The van der Waals surface area contributed by atoms with Crippen LogP contribution in [0.25, 0.3) is 0 Å². The Morgan fingerprint density at radius 3 is 2.25 bits per heavy atom. The van der Waals surface area contributed by atoms with E-state index in [-0.39, 0.29) is 5.91 Å². The predicted octanol–water partition coefficient (Wildman–Crippen LogP) is 3.44. The number of carbonyl (C=O) groups excluding carboxylic acids is 2. The topological polar surface area (TPSA) is 103 Å². The largest absolute Gasteiger partial charge is 0.444 e. The molecule has 32 heavy (non-hydrogen) atoms. The summed E-state index contributed by atoms with van der Waals surface area (Å²) in [4.78, 5) is 26.5. The molecule has 182 valence electrons. The van der Waals surface area contributed by atoms with Gasteiger partial charge in [0.1, 0.15) is 5.60 Å². The van der Waals surface area contributed by atoms with Gasteiger partial charge < -0.3 is 30.2 Å². The molecule has 8 heteroatoms. The average Bonchev–Trinajstić information content (AvgIpc) is 2.72. The smallest absolute Gasteiger partial charge is 0.407 e. The maximum Gasteiger partial charge on any atom is 0.407 e. The lowest BCUT2D eigenvalue weighted by Crippen LogP contribution is -2.47. The Morgan fingerprint density at radius 2 is 1.69 bits per heavy atom. The second kappa shape index (κ2) is 14.8. The second-order valence-electron chi connectivity index (χ2n) is 8.58. The Hall–Kier alpha value is -2.16. The number of carbonyl (C=O) groups is 2. The lowest BCUT2D eigenvalue weighted by molar-refractivity contribution is -0.160. The highest BCUT2D eigenvalue weighted by Gasteiger charge is 2.24. The quantitative estimate of drug-likeness (QED) is 0.332. The van der Waals surface area contributed by atoms with Crippen molar-refractivity contribution in [2.45, 2.75) is 78.4 Å². The number of ether oxygens (including phenoxy) is 3. The molecule has 0 saturated carbocycles. The zero-order chi connectivity index (χ0) is 24.0. The Labute approximate surface area is 192 Å². The number of hydrogen-bond donors (Lipinski definition) is 2. The van der Waals surface area contributed by atoms with Gasteiger partial charge in [0.2, 0.25) is 5.91 Å². The summed E-state index contributed by atoms with van der Waals surface area (Å²) in [5.41, 5.74) is 6.73. The highest BCUT2D eigenvalue weighted by atomic mass is 16.7. The Balaban J connectivity index is 2.59. The molecule has 0 aliphatic carbocycles. The highest BCUT2D eigenvalue weighted by Crippen LogP contribution is 2.12. The SMILES string of the molecule is CCOC(CN(Cc1ccccc1)C(=O)[C@@H](N)CCCCNC(=O)OC(C)(C)C)OCC. The zero-order valence-corrected chi connectivity index (χ0v) is 20.3. The molecule has 0 fully saturated rings. The molecule has 1 aromatic rings. The van der Waals surface area contributed by atoms with Crippen LogP contribution in [0.15, 0.2) is 30.3 Å². The van der Waals surface area contributed by atoms with Crippen LogP contribution in [0, 0.1) is 0 Å².